The molecule has 0 aromatic carbocycles. The van der Waals surface area contributed by atoms with Crippen molar-refractivity contribution in [3.05, 3.63) is 0 Å². The van der Waals surface area contributed by atoms with Crippen molar-refractivity contribution in [3.8, 4) is 0 Å². The summed E-state index contributed by atoms with van der Waals surface area (Å²) in [5.74, 6) is 1.89. The van der Waals surface area contributed by atoms with Crippen LogP contribution in [0, 0.1) is 11.8 Å². The van der Waals surface area contributed by atoms with Crippen LogP contribution in [0.1, 0.15) is 58.8 Å². The highest BCUT2D eigenvalue weighted by Gasteiger charge is 2.13. The Kier molecular flexibility index (Phi) is 6.25. The summed E-state index contributed by atoms with van der Waals surface area (Å²) in [5, 5.41) is 3.66. The first-order valence-corrected chi connectivity index (χ1v) is 6.57. The molecular weight excluding hydrogens is 170 g/mol. The van der Waals surface area contributed by atoms with Crippen molar-refractivity contribution in [2.24, 2.45) is 11.8 Å². The monoisotopic (exact) mass is 197 g/mol. The molecule has 0 amide bonds. The van der Waals surface area contributed by atoms with Crippen molar-refractivity contribution < 1.29 is 0 Å². The maximum Gasteiger partial charge on any atom is -0.00204 e. The smallest absolute Gasteiger partial charge is 0.00204 e. The van der Waals surface area contributed by atoms with Crippen molar-refractivity contribution in [2.75, 3.05) is 13.1 Å². The van der Waals surface area contributed by atoms with E-state index >= 15 is 0 Å². The van der Waals surface area contributed by atoms with Crippen molar-refractivity contribution in [3.63, 3.8) is 0 Å². The molecule has 1 heteroatoms. The predicted octanol–water partition coefficient (Wildman–Crippen LogP) is 3.59. The Labute approximate surface area is 89.7 Å². The Morgan fingerprint density at radius 3 is 2.29 bits per heavy atom. The van der Waals surface area contributed by atoms with E-state index in [0.717, 1.165) is 11.8 Å². The maximum absolute atomic E-state index is 3.66. The van der Waals surface area contributed by atoms with Crippen LogP contribution >= 0.6 is 0 Å². The zero-order valence-corrected chi connectivity index (χ0v) is 10.0. The quantitative estimate of drug-likeness (QED) is 0.686. The minimum absolute atomic E-state index is 0.901. The summed E-state index contributed by atoms with van der Waals surface area (Å²) in [6.07, 6.45) is 10.0. The van der Waals surface area contributed by atoms with E-state index in [1.165, 1.54) is 58.0 Å². The topological polar surface area (TPSA) is 12.0 Å². The van der Waals surface area contributed by atoms with Gasteiger partial charge in [-0.25, -0.2) is 0 Å². The molecule has 0 heterocycles. The first kappa shape index (κ1) is 12.0. The van der Waals surface area contributed by atoms with E-state index in [0.29, 0.717) is 0 Å². The van der Waals surface area contributed by atoms with Crippen LogP contribution in [-0.2, 0) is 0 Å². The molecule has 1 saturated carbocycles. The first-order chi connectivity index (χ1) is 6.86. The molecule has 84 valence electrons. The van der Waals surface area contributed by atoms with Gasteiger partial charge >= 0.3 is 0 Å². The standard InChI is InChI=1S/C13H27N/c1-3-12(4-2)10-14-11-13-8-6-5-7-9-13/h12-14H,3-11H2,1-2H3. The minimum atomic E-state index is 0.901. The fourth-order valence-corrected chi connectivity index (χ4v) is 2.46. The zero-order chi connectivity index (χ0) is 10.2. The van der Waals surface area contributed by atoms with E-state index in [1.807, 2.05) is 0 Å². The molecule has 0 aliphatic heterocycles. The molecule has 0 aromatic rings. The molecule has 14 heavy (non-hydrogen) atoms. The second-order valence-electron chi connectivity index (χ2n) is 4.84. The van der Waals surface area contributed by atoms with Gasteiger partial charge in [0.2, 0.25) is 0 Å². The zero-order valence-electron chi connectivity index (χ0n) is 10.0. The highest BCUT2D eigenvalue weighted by atomic mass is 14.9. The van der Waals surface area contributed by atoms with Crippen molar-refractivity contribution >= 4 is 0 Å². The minimum Gasteiger partial charge on any atom is -0.316 e. The fourth-order valence-electron chi connectivity index (χ4n) is 2.46. The second kappa shape index (κ2) is 7.28. The summed E-state index contributed by atoms with van der Waals surface area (Å²) in [6, 6.07) is 0. The van der Waals surface area contributed by atoms with Crippen molar-refractivity contribution in [1.29, 1.82) is 0 Å². The predicted molar refractivity (Wildman–Crippen MR) is 63.5 cm³/mol. The second-order valence-corrected chi connectivity index (χ2v) is 4.84. The van der Waals surface area contributed by atoms with E-state index in [2.05, 4.69) is 19.2 Å². The lowest BCUT2D eigenvalue weighted by Gasteiger charge is -2.23. The van der Waals surface area contributed by atoms with Gasteiger partial charge in [0.1, 0.15) is 0 Å². The lowest BCUT2D eigenvalue weighted by Crippen LogP contribution is -2.28. The Morgan fingerprint density at radius 1 is 1.07 bits per heavy atom. The van der Waals surface area contributed by atoms with Gasteiger partial charge < -0.3 is 5.32 Å². The van der Waals surface area contributed by atoms with E-state index in [9.17, 15) is 0 Å². The van der Waals surface area contributed by atoms with Crippen LogP contribution in [0.15, 0.2) is 0 Å². The molecule has 0 unspecified atom stereocenters. The normalized spacial score (nSPS) is 19.1. The Balaban J connectivity index is 2.01. The van der Waals surface area contributed by atoms with Gasteiger partial charge in [0.15, 0.2) is 0 Å². The van der Waals surface area contributed by atoms with Crippen LogP contribution in [0.2, 0.25) is 0 Å². The molecule has 0 bridgehead atoms. The third-order valence-corrected chi connectivity index (χ3v) is 3.75. The molecule has 1 rings (SSSR count). The fraction of sp³-hybridized carbons (Fsp3) is 1.00. The Bertz CT molecular complexity index is 123. The lowest BCUT2D eigenvalue weighted by atomic mass is 9.89. The molecule has 0 saturated heterocycles. The molecule has 0 aromatic heterocycles. The van der Waals surface area contributed by atoms with Gasteiger partial charge in [-0.05, 0) is 37.8 Å². The van der Waals surface area contributed by atoms with Gasteiger partial charge in [-0.2, -0.15) is 0 Å². The van der Waals surface area contributed by atoms with Gasteiger partial charge in [0.05, 0.1) is 0 Å². The van der Waals surface area contributed by atoms with Crippen LogP contribution < -0.4 is 5.32 Å². The average Bonchev–Trinajstić information content (AvgIpc) is 2.26. The SMILES string of the molecule is CCC(CC)CNCC1CCCCC1. The van der Waals surface area contributed by atoms with Crippen LogP contribution in [0.5, 0.6) is 0 Å². The van der Waals surface area contributed by atoms with Gasteiger partial charge in [-0.3, -0.25) is 0 Å². The molecule has 1 nitrogen and oxygen atoms in total. The molecule has 1 aliphatic carbocycles. The summed E-state index contributed by atoms with van der Waals surface area (Å²) in [4.78, 5) is 0. The van der Waals surface area contributed by atoms with Gasteiger partial charge in [0.25, 0.3) is 0 Å². The Hall–Kier alpha value is -0.0400. The van der Waals surface area contributed by atoms with E-state index in [-0.39, 0.29) is 0 Å². The Morgan fingerprint density at radius 2 is 1.71 bits per heavy atom. The lowest BCUT2D eigenvalue weighted by molar-refractivity contribution is 0.329. The third kappa shape index (κ3) is 4.45. The van der Waals surface area contributed by atoms with Gasteiger partial charge in [0, 0.05) is 0 Å². The van der Waals surface area contributed by atoms with E-state index < -0.39 is 0 Å². The van der Waals surface area contributed by atoms with Gasteiger partial charge in [-0.1, -0.05) is 46.0 Å². The van der Waals surface area contributed by atoms with Crippen molar-refractivity contribution in [1.82, 2.24) is 5.32 Å². The summed E-state index contributed by atoms with van der Waals surface area (Å²) < 4.78 is 0. The molecule has 0 atom stereocenters. The molecule has 0 radical (unpaired) electrons. The van der Waals surface area contributed by atoms with Crippen molar-refractivity contribution in [2.45, 2.75) is 58.8 Å². The van der Waals surface area contributed by atoms with Crippen LogP contribution in [0.25, 0.3) is 0 Å². The highest BCUT2D eigenvalue weighted by Crippen LogP contribution is 2.22. The summed E-state index contributed by atoms with van der Waals surface area (Å²) in [6.45, 7) is 7.12. The molecule has 0 spiro atoms. The van der Waals surface area contributed by atoms with E-state index in [1.54, 1.807) is 0 Å². The summed E-state index contributed by atoms with van der Waals surface area (Å²) >= 11 is 0. The summed E-state index contributed by atoms with van der Waals surface area (Å²) in [5.41, 5.74) is 0. The van der Waals surface area contributed by atoms with Gasteiger partial charge in [-0.15, -0.1) is 0 Å². The maximum atomic E-state index is 3.66. The van der Waals surface area contributed by atoms with Crippen LogP contribution in [0.3, 0.4) is 0 Å². The molecular formula is C13H27N. The first-order valence-electron chi connectivity index (χ1n) is 6.57. The number of hydrogen-bond acceptors (Lipinski definition) is 1. The van der Waals surface area contributed by atoms with Crippen LogP contribution in [-0.4, -0.2) is 13.1 Å². The molecule has 1 N–H and O–H groups in total. The number of nitrogens with one attached hydrogen (secondary N) is 1. The van der Waals surface area contributed by atoms with E-state index in [4.69, 9.17) is 0 Å². The highest BCUT2D eigenvalue weighted by molar-refractivity contribution is 4.69. The number of hydrogen-bond donors (Lipinski definition) is 1. The van der Waals surface area contributed by atoms with Crippen LogP contribution in [0.4, 0.5) is 0 Å². The average molecular weight is 197 g/mol. The third-order valence-electron chi connectivity index (χ3n) is 3.75. The number of rotatable bonds is 6. The molecule has 1 aliphatic rings. The summed E-state index contributed by atoms with van der Waals surface area (Å²) in [7, 11) is 0. The molecule has 1 fully saturated rings. The largest absolute Gasteiger partial charge is 0.316 e.